The van der Waals surface area contributed by atoms with Gasteiger partial charge in [0.2, 0.25) is 0 Å². The first-order valence-corrected chi connectivity index (χ1v) is 10.6. The molecule has 0 N–H and O–H groups in total. The predicted octanol–water partition coefficient (Wildman–Crippen LogP) is 4.05. The molecule has 7 heteroatoms. The first kappa shape index (κ1) is 17.4. The topological polar surface area (TPSA) is 59.0 Å². The fraction of sp³-hybridized carbons (Fsp3) is 0.316. The Kier molecular flexibility index (Phi) is 4.63. The maximum absolute atomic E-state index is 11.9. The number of hydrogen-bond acceptors (Lipinski definition) is 4. The van der Waals surface area contributed by atoms with Crippen molar-refractivity contribution in [2.45, 2.75) is 18.8 Å². The molecular formula is C19H19ClN2O3S. The Hall–Kier alpha value is -2.05. The molecule has 2 aliphatic heterocycles. The minimum Gasteiger partial charge on any atom is -0.457 e. The number of halogens is 1. The van der Waals surface area contributed by atoms with Crippen molar-refractivity contribution in [3.8, 4) is 11.5 Å². The normalized spacial score (nSPS) is 21.7. The lowest BCUT2D eigenvalue weighted by atomic mass is 9.89. The molecule has 1 atom stereocenters. The maximum Gasteiger partial charge on any atom is 0.256 e. The van der Waals surface area contributed by atoms with Crippen LogP contribution in [0.3, 0.4) is 0 Å². The van der Waals surface area contributed by atoms with E-state index in [1.807, 2.05) is 36.4 Å². The van der Waals surface area contributed by atoms with Crippen LogP contribution in [-0.4, -0.2) is 38.0 Å². The van der Waals surface area contributed by atoms with Crippen LogP contribution in [0.4, 0.5) is 0 Å². The molecular weight excluding hydrogens is 372 g/mol. The summed E-state index contributed by atoms with van der Waals surface area (Å²) < 4.78 is 33.7. The fourth-order valence-electron chi connectivity index (χ4n) is 3.46. The Morgan fingerprint density at radius 2 is 1.88 bits per heavy atom. The molecule has 26 heavy (non-hydrogen) atoms. The van der Waals surface area contributed by atoms with Gasteiger partial charge in [-0.25, -0.2) is 8.42 Å². The highest BCUT2D eigenvalue weighted by Gasteiger charge is 2.33. The Morgan fingerprint density at radius 1 is 1.08 bits per heavy atom. The lowest BCUT2D eigenvalue weighted by Gasteiger charge is -2.37. The standard InChI is InChI=1S/C19H19ClN2O3S/c20-15-3-1-4-17(13-15)25-16-8-6-14(7-9-16)18-5-2-10-22-11-12-26(23,24)21-19(18)22/h1,3-4,6-9,13,18H,2,5,10-12H2/t18-/m1/s1. The number of nitrogens with zero attached hydrogens (tertiary/aromatic N) is 2. The summed E-state index contributed by atoms with van der Waals surface area (Å²) >= 11 is 5.98. The molecule has 2 aromatic carbocycles. The molecule has 2 aromatic rings. The molecule has 0 amide bonds. The quantitative estimate of drug-likeness (QED) is 0.793. The Bertz CT molecular complexity index is 942. The van der Waals surface area contributed by atoms with Gasteiger partial charge in [0, 0.05) is 24.0 Å². The zero-order valence-electron chi connectivity index (χ0n) is 14.1. The van der Waals surface area contributed by atoms with E-state index in [0.717, 1.165) is 24.9 Å². The minimum atomic E-state index is -3.34. The van der Waals surface area contributed by atoms with Gasteiger partial charge >= 0.3 is 0 Å². The zero-order valence-corrected chi connectivity index (χ0v) is 15.7. The lowest BCUT2D eigenvalue weighted by molar-refractivity contribution is 0.366. The van der Waals surface area contributed by atoms with E-state index in [1.165, 1.54) is 0 Å². The summed E-state index contributed by atoms with van der Waals surface area (Å²) in [6, 6.07) is 15.0. The second kappa shape index (κ2) is 6.93. The summed E-state index contributed by atoms with van der Waals surface area (Å²) in [5.74, 6) is 2.19. The average Bonchev–Trinajstić information content (AvgIpc) is 2.61. The summed E-state index contributed by atoms with van der Waals surface area (Å²) in [4.78, 5) is 2.10. The number of fused-ring (bicyclic) bond motifs is 1. The van der Waals surface area contributed by atoms with E-state index in [4.69, 9.17) is 16.3 Å². The minimum absolute atomic E-state index is 0.0130. The van der Waals surface area contributed by atoms with E-state index in [0.29, 0.717) is 28.9 Å². The Morgan fingerprint density at radius 3 is 2.65 bits per heavy atom. The van der Waals surface area contributed by atoms with Gasteiger partial charge in [0.25, 0.3) is 10.0 Å². The molecule has 0 aromatic heterocycles. The highest BCUT2D eigenvalue weighted by Crippen LogP contribution is 2.33. The van der Waals surface area contributed by atoms with Crippen LogP contribution < -0.4 is 4.74 Å². The van der Waals surface area contributed by atoms with Crippen molar-refractivity contribution < 1.29 is 13.2 Å². The highest BCUT2D eigenvalue weighted by molar-refractivity contribution is 7.90. The van der Waals surface area contributed by atoms with Gasteiger partial charge in [-0.1, -0.05) is 29.8 Å². The molecule has 5 nitrogen and oxygen atoms in total. The highest BCUT2D eigenvalue weighted by atomic mass is 35.5. The zero-order chi connectivity index (χ0) is 18.1. The molecule has 0 saturated carbocycles. The number of sulfonamides is 1. The number of rotatable bonds is 3. The molecule has 0 unspecified atom stereocenters. The number of hydrogen-bond donors (Lipinski definition) is 0. The molecule has 4 rings (SSSR count). The van der Waals surface area contributed by atoms with Crippen LogP contribution in [0.25, 0.3) is 0 Å². The van der Waals surface area contributed by atoms with Gasteiger partial charge in [-0.15, -0.1) is 4.40 Å². The van der Waals surface area contributed by atoms with Gasteiger partial charge in [-0.3, -0.25) is 0 Å². The first-order chi connectivity index (χ1) is 12.5. The maximum atomic E-state index is 11.9. The van der Waals surface area contributed by atoms with Crippen LogP contribution in [0.2, 0.25) is 5.02 Å². The van der Waals surface area contributed by atoms with Crippen LogP contribution >= 0.6 is 11.6 Å². The molecule has 2 aliphatic rings. The van der Waals surface area contributed by atoms with E-state index < -0.39 is 10.0 Å². The fourth-order valence-corrected chi connectivity index (χ4v) is 4.71. The van der Waals surface area contributed by atoms with Crippen LogP contribution in [0.15, 0.2) is 52.9 Å². The van der Waals surface area contributed by atoms with Gasteiger partial charge in [-0.05, 0) is 48.7 Å². The summed E-state index contributed by atoms with van der Waals surface area (Å²) in [5, 5.41) is 0.623. The van der Waals surface area contributed by atoms with Gasteiger partial charge < -0.3 is 9.64 Å². The lowest BCUT2D eigenvalue weighted by Crippen LogP contribution is -2.46. The molecule has 0 spiro atoms. The third-order valence-electron chi connectivity index (χ3n) is 4.72. The smallest absolute Gasteiger partial charge is 0.256 e. The van der Waals surface area contributed by atoms with Crippen molar-refractivity contribution in [3.63, 3.8) is 0 Å². The second-order valence-electron chi connectivity index (χ2n) is 6.55. The molecule has 2 heterocycles. The predicted molar refractivity (Wildman–Crippen MR) is 103 cm³/mol. The van der Waals surface area contributed by atoms with Crippen LogP contribution in [0.5, 0.6) is 11.5 Å². The number of ether oxygens (including phenoxy) is 1. The average molecular weight is 391 g/mol. The van der Waals surface area contributed by atoms with E-state index in [-0.39, 0.29) is 11.7 Å². The van der Waals surface area contributed by atoms with E-state index in [1.54, 1.807) is 12.1 Å². The van der Waals surface area contributed by atoms with Crippen molar-refractivity contribution in [2.75, 3.05) is 18.8 Å². The molecule has 1 saturated heterocycles. The Labute approximate surface area is 158 Å². The van der Waals surface area contributed by atoms with E-state index in [9.17, 15) is 8.42 Å². The number of piperidine rings is 1. The van der Waals surface area contributed by atoms with Crippen LogP contribution in [-0.2, 0) is 10.0 Å². The third kappa shape index (κ3) is 3.71. The molecule has 1 fully saturated rings. The SMILES string of the molecule is O=S1(=O)CCN2CCC[C@H](c3ccc(Oc4cccc(Cl)c4)cc3)C2=N1. The molecule has 0 radical (unpaired) electrons. The van der Waals surface area contributed by atoms with Gasteiger partial charge in [0.15, 0.2) is 0 Å². The largest absolute Gasteiger partial charge is 0.457 e. The summed E-state index contributed by atoms with van der Waals surface area (Å²) in [7, 11) is -3.34. The van der Waals surface area contributed by atoms with Gasteiger partial charge in [-0.2, -0.15) is 0 Å². The summed E-state index contributed by atoms with van der Waals surface area (Å²) in [6.45, 7) is 1.41. The molecule has 0 aliphatic carbocycles. The van der Waals surface area contributed by atoms with E-state index in [2.05, 4.69) is 9.30 Å². The van der Waals surface area contributed by atoms with Crippen molar-refractivity contribution in [3.05, 3.63) is 59.1 Å². The van der Waals surface area contributed by atoms with Crippen molar-refractivity contribution in [2.24, 2.45) is 4.40 Å². The second-order valence-corrected chi connectivity index (χ2v) is 8.74. The summed E-state index contributed by atoms with van der Waals surface area (Å²) in [5.41, 5.74) is 1.06. The third-order valence-corrected chi connectivity index (χ3v) is 6.12. The first-order valence-electron chi connectivity index (χ1n) is 8.61. The summed E-state index contributed by atoms with van der Waals surface area (Å²) in [6.07, 6.45) is 1.93. The molecule has 136 valence electrons. The van der Waals surface area contributed by atoms with Crippen LogP contribution in [0, 0.1) is 0 Å². The molecule has 0 bridgehead atoms. The van der Waals surface area contributed by atoms with Crippen LogP contribution in [0.1, 0.15) is 24.3 Å². The number of benzene rings is 2. The number of amidine groups is 1. The van der Waals surface area contributed by atoms with Gasteiger partial charge in [0.1, 0.15) is 17.3 Å². The van der Waals surface area contributed by atoms with Crippen molar-refractivity contribution >= 4 is 27.5 Å². The van der Waals surface area contributed by atoms with Crippen molar-refractivity contribution in [1.29, 1.82) is 0 Å². The Balaban J connectivity index is 1.57. The van der Waals surface area contributed by atoms with E-state index >= 15 is 0 Å². The van der Waals surface area contributed by atoms with Gasteiger partial charge in [0.05, 0.1) is 5.75 Å². The monoisotopic (exact) mass is 390 g/mol. The van der Waals surface area contributed by atoms with Crippen molar-refractivity contribution in [1.82, 2.24) is 4.90 Å².